The summed E-state index contributed by atoms with van der Waals surface area (Å²) in [5, 5.41) is 17.3. The first-order chi connectivity index (χ1) is 14.4. The number of carbonyl (C=O) groups excluding carboxylic acids is 3. The van der Waals surface area contributed by atoms with Crippen molar-refractivity contribution in [1.82, 2.24) is 16.0 Å². The highest BCUT2D eigenvalue weighted by molar-refractivity contribution is 7.98. The Balaban J connectivity index is 5.42. The molecular weight excluding hydrogens is 420 g/mol. The minimum atomic E-state index is -1.14. The summed E-state index contributed by atoms with van der Waals surface area (Å²) in [5.74, 6) is -2.68. The third-order valence-electron chi connectivity index (χ3n) is 5.24. The van der Waals surface area contributed by atoms with Crippen molar-refractivity contribution in [3.63, 3.8) is 0 Å². The van der Waals surface area contributed by atoms with Crippen molar-refractivity contribution >= 4 is 35.5 Å². The van der Waals surface area contributed by atoms with Crippen LogP contribution in [0.25, 0.3) is 0 Å². The molecule has 0 aromatic heterocycles. The Bertz CT molecular complexity index is 615. The van der Waals surface area contributed by atoms with Crippen LogP contribution < -0.4 is 21.7 Å². The number of rotatable bonds is 14. The largest absolute Gasteiger partial charge is 0.480 e. The second kappa shape index (κ2) is 14.3. The number of amides is 3. The van der Waals surface area contributed by atoms with E-state index in [1.54, 1.807) is 39.5 Å². The van der Waals surface area contributed by atoms with Gasteiger partial charge in [-0.1, -0.05) is 48.0 Å². The molecule has 0 bridgehead atoms. The third kappa shape index (κ3) is 9.90. The summed E-state index contributed by atoms with van der Waals surface area (Å²) >= 11 is 1.58. The number of carboxylic acid groups (broad SMARTS) is 1. The maximum atomic E-state index is 13.0. The number of aliphatic carboxylic acids is 1. The van der Waals surface area contributed by atoms with Gasteiger partial charge in [-0.05, 0) is 36.2 Å². The number of nitrogens with two attached hydrogens (primary N) is 1. The Morgan fingerprint density at radius 2 is 1.29 bits per heavy atom. The molecule has 31 heavy (non-hydrogen) atoms. The summed E-state index contributed by atoms with van der Waals surface area (Å²) in [6.45, 7) is 10.6. The van der Waals surface area contributed by atoms with Crippen LogP contribution in [0, 0.1) is 17.8 Å². The van der Waals surface area contributed by atoms with Crippen LogP contribution in [0.5, 0.6) is 0 Å². The monoisotopic (exact) mass is 460 g/mol. The minimum Gasteiger partial charge on any atom is -0.480 e. The Kier molecular flexibility index (Phi) is 13.5. The van der Waals surface area contributed by atoms with Crippen LogP contribution in [0.2, 0.25) is 0 Å². The Labute approximate surface area is 190 Å². The molecule has 0 radical (unpaired) electrons. The molecule has 0 saturated carbocycles. The highest BCUT2D eigenvalue weighted by atomic mass is 32.2. The summed E-state index contributed by atoms with van der Waals surface area (Å²) in [6.07, 6.45) is 3.04. The van der Waals surface area contributed by atoms with Gasteiger partial charge in [-0.3, -0.25) is 14.4 Å². The molecule has 3 amide bonds. The lowest BCUT2D eigenvalue weighted by Crippen LogP contribution is -2.60. The Hall–Kier alpha value is -1.81. The number of thioether (sulfide) groups is 1. The summed E-state index contributed by atoms with van der Waals surface area (Å²) < 4.78 is 0. The fraction of sp³-hybridized carbons (Fsp3) is 0.810. The first kappa shape index (κ1) is 29.2. The van der Waals surface area contributed by atoms with Gasteiger partial charge >= 0.3 is 5.97 Å². The van der Waals surface area contributed by atoms with E-state index in [9.17, 15) is 24.3 Å². The molecule has 5 unspecified atom stereocenters. The fourth-order valence-electron chi connectivity index (χ4n) is 2.87. The Morgan fingerprint density at radius 3 is 1.71 bits per heavy atom. The molecule has 6 N–H and O–H groups in total. The maximum Gasteiger partial charge on any atom is 0.326 e. The van der Waals surface area contributed by atoms with E-state index in [0.29, 0.717) is 12.8 Å². The predicted molar refractivity (Wildman–Crippen MR) is 124 cm³/mol. The smallest absolute Gasteiger partial charge is 0.326 e. The van der Waals surface area contributed by atoms with Crippen LogP contribution in [-0.4, -0.2) is 65.0 Å². The summed E-state index contributed by atoms with van der Waals surface area (Å²) in [4.78, 5) is 49.7. The second-order valence-corrected chi connectivity index (χ2v) is 9.54. The van der Waals surface area contributed by atoms with Gasteiger partial charge in [0.2, 0.25) is 17.7 Å². The molecule has 0 spiro atoms. The molecule has 0 aliphatic rings. The van der Waals surface area contributed by atoms with Crippen LogP contribution in [0.1, 0.15) is 54.4 Å². The lowest BCUT2D eigenvalue weighted by atomic mass is 9.95. The number of nitrogens with one attached hydrogen (secondary N) is 3. The highest BCUT2D eigenvalue weighted by Gasteiger charge is 2.34. The molecule has 0 heterocycles. The number of carbonyl (C=O) groups is 4. The van der Waals surface area contributed by atoms with E-state index in [1.165, 1.54) is 0 Å². The van der Waals surface area contributed by atoms with Crippen molar-refractivity contribution < 1.29 is 24.3 Å². The van der Waals surface area contributed by atoms with Crippen molar-refractivity contribution in [2.24, 2.45) is 23.5 Å². The number of carboxylic acids is 1. The zero-order chi connectivity index (χ0) is 24.3. The van der Waals surface area contributed by atoms with E-state index in [2.05, 4.69) is 16.0 Å². The lowest BCUT2D eigenvalue weighted by molar-refractivity contribution is -0.144. The van der Waals surface area contributed by atoms with E-state index in [0.717, 1.165) is 5.75 Å². The molecule has 0 rings (SSSR count). The summed E-state index contributed by atoms with van der Waals surface area (Å²) in [6, 6.07) is -3.59. The van der Waals surface area contributed by atoms with Gasteiger partial charge in [0.1, 0.15) is 18.1 Å². The van der Waals surface area contributed by atoms with Crippen LogP contribution in [0.15, 0.2) is 0 Å². The molecular formula is C21H40N4O5S. The molecule has 0 aromatic rings. The fourth-order valence-corrected chi connectivity index (χ4v) is 3.36. The van der Waals surface area contributed by atoms with Crippen molar-refractivity contribution in [2.75, 3.05) is 12.0 Å². The van der Waals surface area contributed by atoms with Crippen molar-refractivity contribution in [1.29, 1.82) is 0 Å². The molecule has 180 valence electrons. The second-order valence-electron chi connectivity index (χ2n) is 8.56. The molecule has 0 saturated heterocycles. The molecule has 5 atom stereocenters. The molecule has 0 aliphatic heterocycles. The van der Waals surface area contributed by atoms with Gasteiger partial charge < -0.3 is 26.8 Å². The summed E-state index contributed by atoms with van der Waals surface area (Å²) in [5.41, 5.74) is 5.93. The third-order valence-corrected chi connectivity index (χ3v) is 5.88. The zero-order valence-electron chi connectivity index (χ0n) is 19.7. The van der Waals surface area contributed by atoms with Gasteiger partial charge in [-0.2, -0.15) is 11.8 Å². The van der Waals surface area contributed by atoms with Gasteiger partial charge in [-0.15, -0.1) is 0 Å². The van der Waals surface area contributed by atoms with Gasteiger partial charge in [0.05, 0.1) is 6.04 Å². The normalized spacial score (nSPS) is 16.2. The average molecular weight is 461 g/mol. The topological polar surface area (TPSA) is 151 Å². The van der Waals surface area contributed by atoms with Crippen molar-refractivity contribution in [2.45, 2.75) is 78.6 Å². The van der Waals surface area contributed by atoms with E-state index in [4.69, 9.17) is 5.73 Å². The van der Waals surface area contributed by atoms with Crippen molar-refractivity contribution in [3.8, 4) is 0 Å². The SMILES string of the molecule is CCC(C)C(NC(=O)C(N)CCSC)C(=O)NC(C(=O)NC(C(=O)O)C(C)C)C(C)C. The van der Waals surface area contributed by atoms with Crippen molar-refractivity contribution in [3.05, 3.63) is 0 Å². The summed E-state index contributed by atoms with van der Waals surface area (Å²) in [7, 11) is 0. The van der Waals surface area contributed by atoms with Crippen LogP contribution in [0.3, 0.4) is 0 Å². The molecule has 0 aromatic carbocycles. The zero-order valence-corrected chi connectivity index (χ0v) is 20.5. The standard InChI is InChI=1S/C21H40N4O5S/c1-8-13(6)17(25-18(26)14(22)9-10-31-7)20(28)23-15(11(2)3)19(27)24-16(12(4)5)21(29)30/h11-17H,8-10,22H2,1-7H3,(H,23,28)(H,24,27)(H,25,26)(H,29,30). The van der Waals surface area contributed by atoms with Gasteiger partial charge in [0.15, 0.2) is 0 Å². The highest BCUT2D eigenvalue weighted by Crippen LogP contribution is 2.12. The number of hydrogen-bond donors (Lipinski definition) is 5. The molecule has 9 nitrogen and oxygen atoms in total. The molecule has 10 heteroatoms. The van der Waals surface area contributed by atoms with E-state index in [-0.39, 0.29) is 17.8 Å². The quantitative estimate of drug-likeness (QED) is 0.259. The van der Waals surface area contributed by atoms with Gasteiger partial charge in [0.25, 0.3) is 0 Å². The predicted octanol–water partition coefficient (Wildman–Crippen LogP) is 0.964. The van der Waals surface area contributed by atoms with Gasteiger partial charge in [0, 0.05) is 0 Å². The minimum absolute atomic E-state index is 0.185. The van der Waals surface area contributed by atoms with Crippen LogP contribution in [-0.2, 0) is 19.2 Å². The van der Waals surface area contributed by atoms with Gasteiger partial charge in [-0.25, -0.2) is 4.79 Å². The molecule has 0 fully saturated rings. The van der Waals surface area contributed by atoms with E-state index < -0.39 is 47.9 Å². The lowest BCUT2D eigenvalue weighted by Gasteiger charge is -2.29. The first-order valence-electron chi connectivity index (χ1n) is 10.8. The molecule has 0 aliphatic carbocycles. The number of hydrogen-bond acceptors (Lipinski definition) is 6. The van der Waals surface area contributed by atoms with E-state index >= 15 is 0 Å². The maximum absolute atomic E-state index is 13.0. The van der Waals surface area contributed by atoms with Crippen LogP contribution >= 0.6 is 11.8 Å². The van der Waals surface area contributed by atoms with E-state index in [1.807, 2.05) is 20.1 Å². The average Bonchev–Trinajstić information content (AvgIpc) is 2.70. The Morgan fingerprint density at radius 1 is 0.839 bits per heavy atom. The first-order valence-corrected chi connectivity index (χ1v) is 12.1. The van der Waals surface area contributed by atoms with Crippen LogP contribution in [0.4, 0.5) is 0 Å².